The SMILES string of the molecule is O=C([O-])c1cccc(C(=O)[O-])n1.O=C([O-])c1cccc(C(=O)[O-])n1.[Cr+3].[NH4+]. The Labute approximate surface area is 156 Å². The van der Waals surface area contributed by atoms with Crippen LogP contribution < -0.4 is 26.6 Å². The van der Waals surface area contributed by atoms with E-state index >= 15 is 0 Å². The summed E-state index contributed by atoms with van der Waals surface area (Å²) in [6, 6.07) is 7.07. The van der Waals surface area contributed by atoms with Crippen LogP contribution >= 0.6 is 0 Å². The molecule has 4 N–H and O–H groups in total. The molecule has 2 heterocycles. The first-order valence-electron chi connectivity index (χ1n) is 6.02. The predicted molar refractivity (Wildman–Crippen MR) is 71.8 cm³/mol. The van der Waals surface area contributed by atoms with E-state index in [9.17, 15) is 39.6 Å². The largest absolute Gasteiger partial charge is 3.00 e. The summed E-state index contributed by atoms with van der Waals surface area (Å²) in [5.74, 6) is -6.06. The molecule has 135 valence electrons. The van der Waals surface area contributed by atoms with Gasteiger partial charge in [0.05, 0.1) is 46.7 Å². The number of hydrogen-bond acceptors (Lipinski definition) is 10. The van der Waals surface area contributed by atoms with Gasteiger partial charge in [-0.2, -0.15) is 0 Å². The summed E-state index contributed by atoms with van der Waals surface area (Å²) in [6.07, 6.45) is 0. The van der Waals surface area contributed by atoms with E-state index < -0.39 is 46.7 Å². The molecule has 0 spiro atoms. The quantitative estimate of drug-likeness (QED) is 0.523. The fourth-order valence-corrected chi connectivity index (χ4v) is 1.32. The van der Waals surface area contributed by atoms with Gasteiger partial charge in [-0.25, -0.2) is 9.97 Å². The molecule has 26 heavy (non-hydrogen) atoms. The number of nitrogens with zero attached hydrogens (tertiary/aromatic N) is 2. The Morgan fingerprint density at radius 1 is 0.577 bits per heavy atom. The van der Waals surface area contributed by atoms with Gasteiger partial charge in [0, 0.05) is 0 Å². The number of aromatic nitrogens is 2. The molecule has 0 aromatic carbocycles. The average Bonchev–Trinajstić information content (AvgIpc) is 2.55. The van der Waals surface area contributed by atoms with Gasteiger partial charge in [0.2, 0.25) is 0 Å². The number of pyridine rings is 2. The summed E-state index contributed by atoms with van der Waals surface area (Å²) in [5.41, 5.74) is -1.68. The summed E-state index contributed by atoms with van der Waals surface area (Å²) in [7, 11) is 0. The molecular weight excluding hydrogens is 390 g/mol. The van der Waals surface area contributed by atoms with Crippen LogP contribution in [0.25, 0.3) is 0 Å². The molecule has 0 aliphatic carbocycles. The number of carbonyl (C=O) groups excluding carboxylic acids is 4. The molecule has 0 saturated carbocycles. The first-order chi connectivity index (χ1) is 11.2. The van der Waals surface area contributed by atoms with Gasteiger partial charge in [0.15, 0.2) is 0 Å². The zero-order valence-corrected chi connectivity index (χ0v) is 14.3. The van der Waals surface area contributed by atoms with Crippen molar-refractivity contribution in [1.29, 1.82) is 0 Å². The molecule has 0 aliphatic heterocycles. The Kier molecular flexibility index (Phi) is 10.8. The molecule has 0 fully saturated rings. The Bertz CT molecular complexity index is 686. The van der Waals surface area contributed by atoms with Gasteiger partial charge in [-0.1, -0.05) is 12.1 Å². The van der Waals surface area contributed by atoms with Gasteiger partial charge in [-0.05, 0) is 24.3 Å². The number of quaternary nitrogens is 1. The summed E-state index contributed by atoms with van der Waals surface area (Å²) in [4.78, 5) is 47.3. The third kappa shape index (κ3) is 7.49. The minimum atomic E-state index is -1.52. The van der Waals surface area contributed by atoms with Crippen LogP contribution in [0.5, 0.6) is 0 Å². The van der Waals surface area contributed by atoms with Crippen molar-refractivity contribution < 1.29 is 57.0 Å². The van der Waals surface area contributed by atoms with Crippen molar-refractivity contribution >= 4 is 23.9 Å². The second kappa shape index (κ2) is 11.3. The molecule has 0 amide bonds. The first kappa shape index (κ1) is 24.9. The number of carboxylic acid groups (broad SMARTS) is 4. The van der Waals surface area contributed by atoms with E-state index in [0.717, 1.165) is 24.3 Å². The van der Waals surface area contributed by atoms with Gasteiger partial charge in [0.25, 0.3) is 0 Å². The number of carbonyl (C=O) groups is 4. The molecule has 0 atom stereocenters. The number of rotatable bonds is 4. The van der Waals surface area contributed by atoms with Crippen molar-refractivity contribution in [3.63, 3.8) is 0 Å². The second-order valence-electron chi connectivity index (χ2n) is 3.97. The molecule has 2 aromatic rings. The van der Waals surface area contributed by atoms with Crippen LogP contribution in [0.15, 0.2) is 36.4 Å². The van der Waals surface area contributed by atoms with Crippen molar-refractivity contribution in [2.75, 3.05) is 0 Å². The first-order valence-corrected chi connectivity index (χ1v) is 6.02. The number of hydrogen-bond donors (Lipinski definition) is 1. The maximum atomic E-state index is 10.2. The van der Waals surface area contributed by atoms with Crippen LogP contribution in [-0.4, -0.2) is 33.8 Å². The standard InChI is InChI=1S/2C7H5NO4.Cr.H3N/c2*9-6(10)4-2-1-3-5(8-4)7(11)12;;/h2*1-3H,(H,9,10)(H,11,12);;1H3/q;;+3;/p-3. The van der Waals surface area contributed by atoms with E-state index in [-0.39, 0.29) is 23.5 Å². The summed E-state index contributed by atoms with van der Waals surface area (Å²) in [5, 5.41) is 40.8. The monoisotopic (exact) mass is 400 g/mol. The van der Waals surface area contributed by atoms with Crippen LogP contribution in [0.2, 0.25) is 0 Å². The fraction of sp³-hybridized carbons (Fsp3) is 0. The minimum Gasteiger partial charge on any atom is -0.543 e. The van der Waals surface area contributed by atoms with Crippen LogP contribution in [0.1, 0.15) is 42.0 Å². The topological polar surface area (TPSA) is 223 Å². The van der Waals surface area contributed by atoms with Gasteiger partial charge in [-0.15, -0.1) is 0 Å². The van der Waals surface area contributed by atoms with E-state index in [1.165, 1.54) is 12.1 Å². The molecule has 0 bridgehead atoms. The predicted octanol–water partition coefficient (Wildman–Crippen LogP) is -4.01. The second-order valence-corrected chi connectivity index (χ2v) is 3.97. The third-order valence-corrected chi connectivity index (χ3v) is 2.33. The summed E-state index contributed by atoms with van der Waals surface area (Å²) in [6.45, 7) is 0. The normalized spacial score (nSPS) is 8.62. The van der Waals surface area contributed by atoms with Crippen molar-refractivity contribution in [3.05, 3.63) is 59.2 Å². The molecule has 0 aliphatic rings. The van der Waals surface area contributed by atoms with Crippen molar-refractivity contribution in [2.24, 2.45) is 0 Å². The zero-order chi connectivity index (χ0) is 18.3. The Morgan fingerprint density at radius 2 is 0.769 bits per heavy atom. The summed E-state index contributed by atoms with van der Waals surface area (Å²) >= 11 is 0. The minimum absolute atomic E-state index is 0. The molecule has 12 heteroatoms. The maximum absolute atomic E-state index is 10.2. The smallest absolute Gasteiger partial charge is 0.543 e. The van der Waals surface area contributed by atoms with Gasteiger partial charge in [-0.3, -0.25) is 0 Å². The Morgan fingerprint density at radius 3 is 0.923 bits per heavy atom. The molecule has 11 nitrogen and oxygen atoms in total. The van der Waals surface area contributed by atoms with Crippen molar-refractivity contribution in [3.8, 4) is 0 Å². The Balaban J connectivity index is 0. The van der Waals surface area contributed by atoms with Gasteiger partial charge >= 0.3 is 17.4 Å². The molecule has 2 aromatic heterocycles. The van der Waals surface area contributed by atoms with Crippen molar-refractivity contribution in [2.45, 2.75) is 0 Å². The Hall–Kier alpha value is -3.33. The molecule has 0 saturated heterocycles. The number of carboxylic acids is 4. The molecule has 2 rings (SSSR count). The van der Waals surface area contributed by atoms with Gasteiger partial charge in [0.1, 0.15) is 0 Å². The van der Waals surface area contributed by atoms with E-state index in [2.05, 4.69) is 9.97 Å². The van der Waals surface area contributed by atoms with Crippen LogP contribution in [-0.2, 0) is 17.4 Å². The van der Waals surface area contributed by atoms with E-state index in [1.807, 2.05) is 0 Å². The maximum Gasteiger partial charge on any atom is 3.00 e. The van der Waals surface area contributed by atoms with E-state index in [1.54, 1.807) is 0 Å². The van der Waals surface area contributed by atoms with Crippen LogP contribution in [0, 0.1) is 0 Å². The van der Waals surface area contributed by atoms with Crippen molar-refractivity contribution in [1.82, 2.24) is 16.1 Å². The summed E-state index contributed by atoms with van der Waals surface area (Å²) < 4.78 is 0. The molecular formula is C14H10CrN3O8. The molecule has 1 radical (unpaired) electrons. The third-order valence-electron chi connectivity index (χ3n) is 2.33. The van der Waals surface area contributed by atoms with Crippen LogP contribution in [0.4, 0.5) is 0 Å². The van der Waals surface area contributed by atoms with Crippen LogP contribution in [0.3, 0.4) is 0 Å². The number of aromatic carboxylic acids is 4. The van der Waals surface area contributed by atoms with E-state index in [4.69, 9.17) is 0 Å². The zero-order valence-electron chi connectivity index (χ0n) is 13.0. The molecule has 0 unspecified atom stereocenters. The van der Waals surface area contributed by atoms with Gasteiger partial charge < -0.3 is 45.8 Å². The van der Waals surface area contributed by atoms with E-state index in [0.29, 0.717) is 0 Å². The average molecular weight is 400 g/mol. The fourth-order valence-electron chi connectivity index (χ4n) is 1.32.